The van der Waals surface area contributed by atoms with E-state index in [4.69, 9.17) is 14.2 Å². The highest BCUT2D eigenvalue weighted by Gasteiger charge is 2.33. The Kier molecular flexibility index (Phi) is 2.76. The van der Waals surface area contributed by atoms with Crippen molar-refractivity contribution in [3.05, 3.63) is 30.5 Å². The Bertz CT molecular complexity index is 555. The van der Waals surface area contributed by atoms with E-state index < -0.39 is 5.97 Å². The van der Waals surface area contributed by atoms with Crippen LogP contribution in [0.1, 0.15) is 13.8 Å². The van der Waals surface area contributed by atoms with Gasteiger partial charge in [-0.1, -0.05) is 0 Å². The third kappa shape index (κ3) is 1.98. The smallest absolute Gasteiger partial charge is 0.324 e. The molecule has 0 atom stereocenters. The maximum Gasteiger partial charge on any atom is 0.324 e. The zero-order valence-corrected chi connectivity index (χ0v) is 10.7. The number of benzene rings is 1. The first-order valence-corrected chi connectivity index (χ1v) is 6.26. The molecule has 0 aliphatic carbocycles. The number of nitrogens with zero attached hydrogens (tertiary/aromatic N) is 1. The molecular weight excluding hydrogens is 230 g/mol. The van der Waals surface area contributed by atoms with Crippen molar-refractivity contribution in [2.75, 3.05) is 13.2 Å². The SMILES string of the molecule is CCn1ccc2cc(OC3(C)OCCO3)ccc21. The monoisotopic (exact) mass is 247 g/mol. The van der Waals surface area contributed by atoms with Crippen molar-refractivity contribution >= 4 is 10.9 Å². The molecule has 4 heteroatoms. The van der Waals surface area contributed by atoms with Gasteiger partial charge in [0.1, 0.15) is 5.75 Å². The molecule has 0 radical (unpaired) electrons. The van der Waals surface area contributed by atoms with Crippen LogP contribution in [-0.4, -0.2) is 23.8 Å². The lowest BCUT2D eigenvalue weighted by atomic mass is 10.2. The van der Waals surface area contributed by atoms with Crippen LogP contribution in [-0.2, 0) is 16.0 Å². The number of fused-ring (bicyclic) bond motifs is 1. The predicted octanol–water partition coefficient (Wildman–Crippen LogP) is 2.76. The molecule has 1 saturated heterocycles. The molecule has 1 aliphatic heterocycles. The lowest BCUT2D eigenvalue weighted by Crippen LogP contribution is -2.33. The summed E-state index contributed by atoms with van der Waals surface area (Å²) in [5, 5.41) is 1.16. The number of ether oxygens (including phenoxy) is 3. The summed E-state index contributed by atoms with van der Waals surface area (Å²) in [6.07, 6.45) is 2.08. The Morgan fingerprint density at radius 3 is 2.78 bits per heavy atom. The Hall–Kier alpha value is -1.52. The summed E-state index contributed by atoms with van der Waals surface area (Å²) < 4.78 is 18.8. The first-order chi connectivity index (χ1) is 8.70. The third-order valence-corrected chi connectivity index (χ3v) is 3.20. The van der Waals surface area contributed by atoms with Gasteiger partial charge in [-0.25, -0.2) is 0 Å². The molecule has 18 heavy (non-hydrogen) atoms. The fourth-order valence-electron chi connectivity index (χ4n) is 2.29. The minimum absolute atomic E-state index is 0.574. The zero-order valence-electron chi connectivity index (χ0n) is 10.7. The molecule has 1 aliphatic rings. The van der Waals surface area contributed by atoms with E-state index in [0.29, 0.717) is 13.2 Å². The number of aromatic nitrogens is 1. The van der Waals surface area contributed by atoms with E-state index in [-0.39, 0.29) is 0 Å². The summed E-state index contributed by atoms with van der Waals surface area (Å²) in [5.41, 5.74) is 1.21. The average molecular weight is 247 g/mol. The van der Waals surface area contributed by atoms with Crippen molar-refractivity contribution in [1.82, 2.24) is 4.57 Å². The van der Waals surface area contributed by atoms with Crippen molar-refractivity contribution in [2.24, 2.45) is 0 Å². The van der Waals surface area contributed by atoms with Gasteiger partial charge >= 0.3 is 5.97 Å². The van der Waals surface area contributed by atoms with E-state index in [1.807, 2.05) is 12.1 Å². The van der Waals surface area contributed by atoms with E-state index in [1.165, 1.54) is 5.52 Å². The molecule has 96 valence electrons. The summed E-state index contributed by atoms with van der Waals surface area (Å²) in [5.74, 6) is -0.179. The first-order valence-electron chi connectivity index (χ1n) is 6.26. The summed E-state index contributed by atoms with van der Waals surface area (Å²) >= 11 is 0. The van der Waals surface area contributed by atoms with Crippen LogP contribution in [0.15, 0.2) is 30.5 Å². The molecular formula is C14H17NO3. The van der Waals surface area contributed by atoms with Crippen molar-refractivity contribution < 1.29 is 14.2 Å². The highest BCUT2D eigenvalue weighted by atomic mass is 16.9. The van der Waals surface area contributed by atoms with Gasteiger partial charge in [0.05, 0.1) is 13.2 Å². The third-order valence-electron chi connectivity index (χ3n) is 3.20. The van der Waals surface area contributed by atoms with Crippen LogP contribution in [0.4, 0.5) is 0 Å². The van der Waals surface area contributed by atoms with E-state index in [2.05, 4.69) is 29.8 Å². The van der Waals surface area contributed by atoms with Gasteiger partial charge in [-0.2, -0.15) is 0 Å². The van der Waals surface area contributed by atoms with E-state index >= 15 is 0 Å². The Morgan fingerprint density at radius 2 is 2.06 bits per heavy atom. The molecule has 0 bridgehead atoms. The topological polar surface area (TPSA) is 32.6 Å². The van der Waals surface area contributed by atoms with Gasteiger partial charge in [0, 0.05) is 30.6 Å². The number of hydrogen-bond donors (Lipinski definition) is 0. The van der Waals surface area contributed by atoms with Crippen LogP contribution >= 0.6 is 0 Å². The number of rotatable bonds is 3. The molecule has 0 unspecified atom stereocenters. The highest BCUT2D eigenvalue weighted by molar-refractivity contribution is 5.81. The van der Waals surface area contributed by atoms with Gasteiger partial charge in [-0.05, 0) is 31.2 Å². The van der Waals surface area contributed by atoms with Gasteiger partial charge in [-0.3, -0.25) is 0 Å². The molecule has 1 aromatic carbocycles. The summed E-state index contributed by atoms with van der Waals surface area (Å²) in [6, 6.07) is 8.11. The van der Waals surface area contributed by atoms with Crippen LogP contribution in [0.3, 0.4) is 0 Å². The molecule has 0 amide bonds. The van der Waals surface area contributed by atoms with Gasteiger partial charge in [0.25, 0.3) is 0 Å². The molecule has 1 aromatic heterocycles. The van der Waals surface area contributed by atoms with Crippen molar-refractivity contribution in [3.8, 4) is 5.75 Å². The summed E-state index contributed by atoms with van der Waals surface area (Å²) in [6.45, 7) is 6.04. The molecule has 0 spiro atoms. The van der Waals surface area contributed by atoms with Crippen molar-refractivity contribution in [2.45, 2.75) is 26.4 Å². The second-order valence-electron chi connectivity index (χ2n) is 4.48. The molecule has 1 fully saturated rings. The molecule has 4 nitrogen and oxygen atoms in total. The minimum Gasteiger partial charge on any atom is -0.439 e. The lowest BCUT2D eigenvalue weighted by molar-refractivity contribution is -0.272. The Morgan fingerprint density at radius 1 is 1.28 bits per heavy atom. The number of hydrogen-bond acceptors (Lipinski definition) is 3. The molecule has 0 saturated carbocycles. The maximum absolute atomic E-state index is 5.76. The Balaban J connectivity index is 1.89. The predicted molar refractivity (Wildman–Crippen MR) is 68.5 cm³/mol. The summed E-state index contributed by atoms with van der Waals surface area (Å²) in [7, 11) is 0. The van der Waals surface area contributed by atoms with Crippen LogP contribution < -0.4 is 4.74 Å². The van der Waals surface area contributed by atoms with Gasteiger partial charge in [-0.15, -0.1) is 0 Å². The molecule has 3 rings (SSSR count). The van der Waals surface area contributed by atoms with Gasteiger partial charge in [0.15, 0.2) is 0 Å². The second-order valence-corrected chi connectivity index (χ2v) is 4.48. The maximum atomic E-state index is 5.76. The average Bonchev–Trinajstić information content (AvgIpc) is 2.95. The highest BCUT2D eigenvalue weighted by Crippen LogP contribution is 2.27. The second kappa shape index (κ2) is 4.30. The van der Waals surface area contributed by atoms with Crippen LogP contribution in [0.5, 0.6) is 5.75 Å². The van der Waals surface area contributed by atoms with Crippen molar-refractivity contribution in [1.29, 1.82) is 0 Å². The molecule has 2 heterocycles. The van der Waals surface area contributed by atoms with Gasteiger partial charge in [0.2, 0.25) is 0 Å². The van der Waals surface area contributed by atoms with Crippen LogP contribution in [0.25, 0.3) is 10.9 Å². The van der Waals surface area contributed by atoms with Gasteiger partial charge < -0.3 is 18.8 Å². The van der Waals surface area contributed by atoms with E-state index in [1.54, 1.807) is 6.92 Å². The normalized spacial score (nSPS) is 18.3. The van der Waals surface area contributed by atoms with E-state index in [9.17, 15) is 0 Å². The number of aryl methyl sites for hydroxylation is 1. The first kappa shape index (κ1) is 11.6. The lowest BCUT2D eigenvalue weighted by Gasteiger charge is -2.23. The molecule has 0 N–H and O–H groups in total. The van der Waals surface area contributed by atoms with Crippen LogP contribution in [0.2, 0.25) is 0 Å². The quantitative estimate of drug-likeness (QED) is 0.836. The fourth-order valence-corrected chi connectivity index (χ4v) is 2.29. The fraction of sp³-hybridized carbons (Fsp3) is 0.429. The standard InChI is InChI=1S/C14H17NO3/c1-3-15-7-6-11-10-12(4-5-13(11)15)18-14(2)16-8-9-17-14/h4-7,10H,3,8-9H2,1-2H3. The Labute approximate surface area is 106 Å². The van der Waals surface area contributed by atoms with Crippen molar-refractivity contribution in [3.63, 3.8) is 0 Å². The molecule has 2 aromatic rings. The minimum atomic E-state index is -0.943. The largest absolute Gasteiger partial charge is 0.439 e. The van der Waals surface area contributed by atoms with E-state index in [0.717, 1.165) is 17.7 Å². The van der Waals surface area contributed by atoms with Crippen LogP contribution in [0, 0.1) is 0 Å². The zero-order chi connectivity index (χ0) is 12.6. The summed E-state index contributed by atoms with van der Waals surface area (Å²) in [4.78, 5) is 0.